The Morgan fingerprint density at radius 2 is 1.79 bits per heavy atom. The molecule has 1 saturated heterocycles. The third-order valence-electron chi connectivity index (χ3n) is 4.84. The smallest absolute Gasteiger partial charge is 0.282 e. The number of nitrogens with one attached hydrogen (secondary N) is 1. The molecule has 1 aliphatic rings. The maximum Gasteiger partial charge on any atom is 0.282 e. The van der Waals surface area contributed by atoms with Gasteiger partial charge in [-0.25, -0.2) is 5.01 Å². The summed E-state index contributed by atoms with van der Waals surface area (Å²) in [5.74, 6) is 0.108. The molecule has 3 aromatic carbocycles. The molecule has 0 bridgehead atoms. The summed E-state index contributed by atoms with van der Waals surface area (Å²) in [5.41, 5.74) is 4.68. The Morgan fingerprint density at radius 3 is 2.48 bits per heavy atom. The molecule has 0 radical (unpaired) electrons. The highest BCUT2D eigenvalue weighted by Gasteiger charge is 2.34. The maximum atomic E-state index is 12.8. The van der Waals surface area contributed by atoms with Crippen LogP contribution < -0.4 is 19.9 Å². The molecule has 0 spiro atoms. The number of halogens is 3. The minimum Gasteiger partial charge on any atom is -0.493 e. The van der Waals surface area contributed by atoms with Gasteiger partial charge in [-0.1, -0.05) is 47.5 Å². The van der Waals surface area contributed by atoms with Crippen molar-refractivity contribution < 1.29 is 19.1 Å². The second-order valence-electron chi connectivity index (χ2n) is 7.05. The number of benzene rings is 3. The standard InChI is InChI=1S/C24H17Cl2IN2O4/c1-32-21-12-15(9-17-23(30)28-29(24(17)31)16-5-3-2-4-6-16)11-20(27)22(21)33-13-14-7-8-18(25)19(26)10-14/h2-12H,13H2,1H3,(H,28,30). The van der Waals surface area contributed by atoms with Crippen LogP contribution in [-0.4, -0.2) is 18.9 Å². The first-order valence-corrected chi connectivity index (χ1v) is 11.6. The molecular formula is C24H17Cl2IN2O4. The Hall–Kier alpha value is -2.75. The molecule has 2 amide bonds. The Kier molecular flexibility index (Phi) is 7.11. The van der Waals surface area contributed by atoms with Gasteiger partial charge in [-0.3, -0.25) is 15.0 Å². The molecule has 0 unspecified atom stereocenters. The predicted molar refractivity (Wildman–Crippen MR) is 137 cm³/mol. The average molecular weight is 595 g/mol. The molecular weight excluding hydrogens is 578 g/mol. The van der Waals surface area contributed by atoms with Crippen LogP contribution in [0.4, 0.5) is 5.69 Å². The van der Waals surface area contributed by atoms with Gasteiger partial charge in [0.25, 0.3) is 11.8 Å². The van der Waals surface area contributed by atoms with Gasteiger partial charge in [-0.15, -0.1) is 0 Å². The largest absolute Gasteiger partial charge is 0.493 e. The van der Waals surface area contributed by atoms with Gasteiger partial charge in [-0.05, 0) is 76.2 Å². The van der Waals surface area contributed by atoms with E-state index in [2.05, 4.69) is 28.0 Å². The lowest BCUT2D eigenvalue weighted by atomic mass is 10.1. The molecule has 4 rings (SSSR count). The van der Waals surface area contributed by atoms with Gasteiger partial charge in [-0.2, -0.15) is 0 Å². The minimum absolute atomic E-state index is 0.0289. The lowest BCUT2D eigenvalue weighted by Crippen LogP contribution is -2.35. The van der Waals surface area contributed by atoms with E-state index in [1.807, 2.05) is 18.2 Å². The summed E-state index contributed by atoms with van der Waals surface area (Å²) in [6.07, 6.45) is 1.54. The van der Waals surface area contributed by atoms with Crippen molar-refractivity contribution in [1.29, 1.82) is 0 Å². The number of para-hydroxylation sites is 1. The van der Waals surface area contributed by atoms with Gasteiger partial charge in [0.1, 0.15) is 12.2 Å². The van der Waals surface area contributed by atoms with Gasteiger partial charge in [0.2, 0.25) is 0 Å². The fourth-order valence-corrected chi connectivity index (χ4v) is 4.33. The molecule has 6 nitrogen and oxygen atoms in total. The molecule has 33 heavy (non-hydrogen) atoms. The van der Waals surface area contributed by atoms with E-state index in [0.29, 0.717) is 32.8 Å². The summed E-state index contributed by atoms with van der Waals surface area (Å²) < 4.78 is 12.2. The van der Waals surface area contributed by atoms with E-state index >= 15 is 0 Å². The van der Waals surface area contributed by atoms with Crippen LogP contribution in [0, 0.1) is 3.57 Å². The van der Waals surface area contributed by atoms with E-state index in [0.717, 1.165) is 9.13 Å². The van der Waals surface area contributed by atoms with E-state index in [1.165, 1.54) is 18.2 Å². The van der Waals surface area contributed by atoms with Gasteiger partial charge >= 0.3 is 0 Å². The van der Waals surface area contributed by atoms with Crippen LogP contribution in [0.2, 0.25) is 10.0 Å². The second kappa shape index (κ2) is 10.0. The maximum absolute atomic E-state index is 12.8. The number of carbonyl (C=O) groups excluding carboxylic acids is 2. The van der Waals surface area contributed by atoms with Crippen LogP contribution in [-0.2, 0) is 16.2 Å². The SMILES string of the molecule is COc1cc(C=C2C(=O)NN(c3ccccc3)C2=O)cc(I)c1OCc1ccc(Cl)c(Cl)c1. The number of carbonyl (C=O) groups is 2. The van der Waals surface area contributed by atoms with Crippen LogP contribution in [0.5, 0.6) is 11.5 Å². The monoisotopic (exact) mass is 594 g/mol. The van der Waals surface area contributed by atoms with Crippen LogP contribution in [0.1, 0.15) is 11.1 Å². The van der Waals surface area contributed by atoms with Crippen LogP contribution in [0.3, 0.4) is 0 Å². The quantitative estimate of drug-likeness (QED) is 0.228. The van der Waals surface area contributed by atoms with Crippen LogP contribution in [0.25, 0.3) is 6.08 Å². The third-order valence-corrected chi connectivity index (χ3v) is 6.38. The molecule has 168 valence electrons. The number of ether oxygens (including phenoxy) is 2. The number of hydrogen-bond acceptors (Lipinski definition) is 4. The van der Waals surface area contributed by atoms with Crippen LogP contribution in [0.15, 0.2) is 66.2 Å². The first kappa shape index (κ1) is 23.4. The number of rotatable bonds is 6. The highest BCUT2D eigenvalue weighted by atomic mass is 127. The molecule has 0 aromatic heterocycles. The van der Waals surface area contributed by atoms with Crippen LogP contribution >= 0.6 is 45.8 Å². The lowest BCUT2D eigenvalue weighted by Gasteiger charge is -2.14. The fourth-order valence-electron chi connectivity index (χ4n) is 3.23. The highest BCUT2D eigenvalue weighted by molar-refractivity contribution is 14.1. The summed E-state index contributed by atoms with van der Waals surface area (Å²) in [5, 5.41) is 2.15. The zero-order valence-electron chi connectivity index (χ0n) is 17.3. The molecule has 3 aromatic rings. The summed E-state index contributed by atoms with van der Waals surface area (Å²) in [6, 6.07) is 17.7. The number of hydrogen-bond donors (Lipinski definition) is 1. The number of nitrogens with zero attached hydrogens (tertiary/aromatic N) is 1. The minimum atomic E-state index is -0.474. The molecule has 9 heteroatoms. The van der Waals surface area contributed by atoms with Gasteiger partial charge in [0, 0.05) is 0 Å². The van der Waals surface area contributed by atoms with Crippen molar-refractivity contribution in [2.24, 2.45) is 0 Å². The normalized spacial score (nSPS) is 14.5. The van der Waals surface area contributed by atoms with Crippen molar-refractivity contribution in [1.82, 2.24) is 5.43 Å². The first-order valence-electron chi connectivity index (χ1n) is 9.74. The molecule has 1 aliphatic heterocycles. The fraction of sp³-hybridized carbons (Fsp3) is 0.0833. The number of anilines is 1. The molecule has 0 atom stereocenters. The zero-order chi connectivity index (χ0) is 23.5. The van der Waals surface area contributed by atoms with Crippen molar-refractivity contribution in [2.45, 2.75) is 6.61 Å². The van der Waals surface area contributed by atoms with E-state index < -0.39 is 11.8 Å². The molecule has 0 aliphatic carbocycles. The topological polar surface area (TPSA) is 67.9 Å². The van der Waals surface area contributed by atoms with E-state index in [9.17, 15) is 9.59 Å². The van der Waals surface area contributed by atoms with Crippen molar-refractivity contribution in [2.75, 3.05) is 12.1 Å². The summed E-state index contributed by atoms with van der Waals surface area (Å²) in [7, 11) is 1.53. The molecule has 1 fully saturated rings. The number of hydrazine groups is 1. The van der Waals surface area contributed by atoms with E-state index in [-0.39, 0.29) is 12.2 Å². The molecule has 1 heterocycles. The summed E-state index contributed by atoms with van der Waals surface area (Å²) in [6.45, 7) is 0.261. The van der Waals surface area contributed by atoms with Gasteiger partial charge < -0.3 is 9.47 Å². The van der Waals surface area contributed by atoms with Crippen molar-refractivity contribution in [3.05, 3.63) is 91.0 Å². The predicted octanol–water partition coefficient (Wildman–Crippen LogP) is 5.65. The van der Waals surface area contributed by atoms with Gasteiger partial charge in [0.05, 0.1) is 26.4 Å². The number of amides is 2. The van der Waals surface area contributed by atoms with Crippen molar-refractivity contribution in [3.8, 4) is 11.5 Å². The summed E-state index contributed by atoms with van der Waals surface area (Å²) in [4.78, 5) is 25.3. The van der Waals surface area contributed by atoms with Gasteiger partial charge in [0.15, 0.2) is 11.5 Å². The van der Waals surface area contributed by atoms with Crippen molar-refractivity contribution in [3.63, 3.8) is 0 Å². The Bertz CT molecular complexity index is 1260. The van der Waals surface area contributed by atoms with E-state index in [1.54, 1.807) is 42.5 Å². The number of methoxy groups -OCH3 is 1. The Morgan fingerprint density at radius 1 is 1.03 bits per heavy atom. The average Bonchev–Trinajstić information content (AvgIpc) is 3.09. The third kappa shape index (κ3) is 5.10. The second-order valence-corrected chi connectivity index (χ2v) is 9.02. The first-order chi connectivity index (χ1) is 15.9. The lowest BCUT2D eigenvalue weighted by molar-refractivity contribution is -0.117. The Labute approximate surface area is 214 Å². The molecule has 0 saturated carbocycles. The van der Waals surface area contributed by atoms with E-state index in [4.69, 9.17) is 32.7 Å². The zero-order valence-corrected chi connectivity index (χ0v) is 20.9. The highest BCUT2D eigenvalue weighted by Crippen LogP contribution is 2.36. The summed E-state index contributed by atoms with van der Waals surface area (Å²) >= 11 is 14.2. The Balaban J connectivity index is 1.58. The molecule has 1 N–H and O–H groups in total. The van der Waals surface area contributed by atoms with Crippen molar-refractivity contribution >= 4 is 69.4 Å².